The third kappa shape index (κ3) is 6.21. The highest BCUT2D eigenvalue weighted by Crippen LogP contribution is 2.17. The quantitative estimate of drug-likeness (QED) is 0.656. The Hall–Kier alpha value is -1.57. The fraction of sp³-hybridized carbons (Fsp3) is 0.632. The Morgan fingerprint density at radius 3 is 2.26 bits per heavy atom. The molecule has 0 radical (unpaired) electrons. The third-order valence-corrected chi connectivity index (χ3v) is 4.56. The number of unbranched alkanes of at least 4 members (excludes halogenated alkanes) is 4. The van der Waals surface area contributed by atoms with Crippen molar-refractivity contribution in [3.63, 3.8) is 0 Å². The molecule has 1 heterocycles. The molecule has 23 heavy (non-hydrogen) atoms. The highest BCUT2D eigenvalue weighted by Gasteiger charge is 2.16. The Morgan fingerprint density at radius 1 is 0.957 bits per heavy atom. The summed E-state index contributed by atoms with van der Waals surface area (Å²) in [5.74, 6) is 0. The third-order valence-electron chi connectivity index (χ3n) is 4.56. The summed E-state index contributed by atoms with van der Waals surface area (Å²) in [6.45, 7) is 6.58. The lowest BCUT2D eigenvalue weighted by molar-refractivity contribution is 0.191. The first kappa shape index (κ1) is 17.8. The molecule has 1 aromatic carbocycles. The minimum atomic E-state index is 0.734. The molecule has 0 atom stereocenters. The zero-order valence-corrected chi connectivity index (χ0v) is 14.3. The van der Waals surface area contributed by atoms with Gasteiger partial charge in [0, 0.05) is 45.6 Å². The molecule has 0 aliphatic carbocycles. The summed E-state index contributed by atoms with van der Waals surface area (Å²) in [7, 11) is 1.78. The van der Waals surface area contributed by atoms with Gasteiger partial charge in [-0.15, -0.1) is 0 Å². The molecule has 0 aromatic heterocycles. The maximum absolute atomic E-state index is 8.86. The summed E-state index contributed by atoms with van der Waals surface area (Å²) >= 11 is 0. The Morgan fingerprint density at radius 2 is 1.61 bits per heavy atom. The van der Waals surface area contributed by atoms with E-state index in [9.17, 15) is 0 Å². The predicted molar refractivity (Wildman–Crippen MR) is 94.8 cm³/mol. The fourth-order valence-corrected chi connectivity index (χ4v) is 3.09. The zero-order chi connectivity index (χ0) is 16.3. The van der Waals surface area contributed by atoms with Crippen molar-refractivity contribution in [1.82, 2.24) is 4.90 Å². The van der Waals surface area contributed by atoms with Crippen LogP contribution in [0, 0.1) is 11.3 Å². The Bertz CT molecular complexity index is 472. The van der Waals surface area contributed by atoms with Gasteiger partial charge < -0.3 is 9.64 Å². The van der Waals surface area contributed by atoms with Gasteiger partial charge in [-0.3, -0.25) is 4.90 Å². The molecule has 0 saturated carbocycles. The summed E-state index contributed by atoms with van der Waals surface area (Å²) in [5, 5.41) is 8.86. The number of anilines is 1. The van der Waals surface area contributed by atoms with Crippen molar-refractivity contribution in [3.05, 3.63) is 29.8 Å². The van der Waals surface area contributed by atoms with Gasteiger partial charge in [-0.1, -0.05) is 19.3 Å². The number of nitriles is 1. The van der Waals surface area contributed by atoms with Crippen molar-refractivity contribution < 1.29 is 4.74 Å². The highest BCUT2D eigenvalue weighted by atomic mass is 16.5. The van der Waals surface area contributed by atoms with Crippen molar-refractivity contribution in [3.8, 4) is 6.07 Å². The molecule has 1 aliphatic rings. The topological polar surface area (TPSA) is 39.5 Å². The van der Waals surface area contributed by atoms with Gasteiger partial charge in [0.1, 0.15) is 0 Å². The predicted octanol–water partition coefficient (Wildman–Crippen LogP) is 3.28. The summed E-state index contributed by atoms with van der Waals surface area (Å²) in [6.07, 6.45) is 6.46. The summed E-state index contributed by atoms with van der Waals surface area (Å²) in [4.78, 5) is 5.00. The molecule has 0 bridgehead atoms. The molecule has 0 unspecified atom stereocenters. The first-order valence-electron chi connectivity index (χ1n) is 8.80. The molecular weight excluding hydrogens is 286 g/mol. The van der Waals surface area contributed by atoms with E-state index >= 15 is 0 Å². The number of hydrogen-bond acceptors (Lipinski definition) is 4. The maximum Gasteiger partial charge on any atom is 0.0991 e. The van der Waals surface area contributed by atoms with Gasteiger partial charge in [0.15, 0.2) is 0 Å². The Balaban J connectivity index is 1.59. The molecular formula is C19H29N3O. The van der Waals surface area contributed by atoms with E-state index in [2.05, 4.69) is 28.0 Å². The SMILES string of the molecule is COCCCCCCCN1CCN(c2ccc(C#N)cc2)CC1. The Labute approximate surface area is 140 Å². The van der Waals surface area contributed by atoms with Crippen LogP contribution in [0.5, 0.6) is 0 Å². The largest absolute Gasteiger partial charge is 0.385 e. The van der Waals surface area contributed by atoms with Crippen LogP contribution in [0.2, 0.25) is 0 Å². The van der Waals surface area contributed by atoms with Gasteiger partial charge in [0.2, 0.25) is 0 Å². The highest BCUT2D eigenvalue weighted by molar-refractivity contribution is 5.50. The van der Waals surface area contributed by atoms with Crippen molar-refractivity contribution >= 4 is 5.69 Å². The smallest absolute Gasteiger partial charge is 0.0991 e. The van der Waals surface area contributed by atoms with Crippen LogP contribution in [0.1, 0.15) is 37.7 Å². The lowest BCUT2D eigenvalue weighted by Gasteiger charge is -2.36. The first-order valence-corrected chi connectivity index (χ1v) is 8.80. The first-order chi connectivity index (χ1) is 11.3. The van der Waals surface area contributed by atoms with Crippen molar-refractivity contribution in [2.75, 3.05) is 51.3 Å². The van der Waals surface area contributed by atoms with Crippen molar-refractivity contribution in [2.45, 2.75) is 32.1 Å². The van der Waals surface area contributed by atoms with Gasteiger partial charge in [-0.2, -0.15) is 5.26 Å². The molecule has 2 rings (SSSR count). The summed E-state index contributed by atoms with van der Waals surface area (Å²) in [5.41, 5.74) is 1.97. The van der Waals surface area contributed by atoms with E-state index in [1.165, 1.54) is 44.3 Å². The van der Waals surface area contributed by atoms with Crippen LogP contribution >= 0.6 is 0 Å². The standard InChI is InChI=1S/C19H29N3O/c1-23-16-6-4-2-3-5-11-21-12-14-22(15-13-21)19-9-7-18(17-20)8-10-19/h7-10H,2-6,11-16H2,1H3. The van der Waals surface area contributed by atoms with Crippen LogP contribution in [0.15, 0.2) is 24.3 Å². The van der Waals surface area contributed by atoms with Gasteiger partial charge in [0.05, 0.1) is 11.6 Å². The second-order valence-electron chi connectivity index (χ2n) is 6.25. The second kappa shape index (κ2) is 10.3. The van der Waals surface area contributed by atoms with E-state index in [4.69, 9.17) is 10.00 Å². The van der Waals surface area contributed by atoms with Gasteiger partial charge >= 0.3 is 0 Å². The molecule has 1 fully saturated rings. The maximum atomic E-state index is 8.86. The van der Waals surface area contributed by atoms with Gasteiger partial charge in [-0.25, -0.2) is 0 Å². The van der Waals surface area contributed by atoms with E-state index in [0.717, 1.165) is 38.3 Å². The monoisotopic (exact) mass is 315 g/mol. The molecule has 4 nitrogen and oxygen atoms in total. The molecule has 0 N–H and O–H groups in total. The molecule has 1 saturated heterocycles. The molecule has 0 amide bonds. The average Bonchev–Trinajstić information content (AvgIpc) is 2.61. The van der Waals surface area contributed by atoms with E-state index < -0.39 is 0 Å². The lowest BCUT2D eigenvalue weighted by atomic mass is 10.1. The minimum Gasteiger partial charge on any atom is -0.385 e. The van der Waals surface area contributed by atoms with Crippen molar-refractivity contribution in [1.29, 1.82) is 5.26 Å². The molecule has 4 heteroatoms. The second-order valence-corrected chi connectivity index (χ2v) is 6.25. The molecule has 0 spiro atoms. The van der Waals surface area contributed by atoms with E-state index in [1.54, 1.807) is 7.11 Å². The summed E-state index contributed by atoms with van der Waals surface area (Å²) < 4.78 is 5.07. The van der Waals surface area contributed by atoms with E-state index in [-0.39, 0.29) is 0 Å². The van der Waals surface area contributed by atoms with Crippen LogP contribution in [-0.4, -0.2) is 51.3 Å². The van der Waals surface area contributed by atoms with Crippen molar-refractivity contribution in [2.24, 2.45) is 0 Å². The average molecular weight is 315 g/mol. The lowest BCUT2D eigenvalue weighted by Crippen LogP contribution is -2.46. The molecule has 1 aromatic rings. The fourth-order valence-electron chi connectivity index (χ4n) is 3.09. The summed E-state index contributed by atoms with van der Waals surface area (Å²) in [6, 6.07) is 10.1. The molecule has 1 aliphatic heterocycles. The van der Waals surface area contributed by atoms with Gasteiger partial charge in [-0.05, 0) is 43.7 Å². The minimum absolute atomic E-state index is 0.734. The number of piperazine rings is 1. The van der Waals surface area contributed by atoms with Crippen LogP contribution in [-0.2, 0) is 4.74 Å². The normalized spacial score (nSPS) is 15.6. The van der Waals surface area contributed by atoms with E-state index in [0.29, 0.717) is 0 Å². The van der Waals surface area contributed by atoms with Crippen LogP contribution in [0.4, 0.5) is 5.69 Å². The van der Waals surface area contributed by atoms with Crippen LogP contribution in [0.25, 0.3) is 0 Å². The number of methoxy groups -OCH3 is 1. The Kier molecular flexibility index (Phi) is 7.92. The number of benzene rings is 1. The molecule has 126 valence electrons. The number of nitrogens with zero attached hydrogens (tertiary/aromatic N) is 3. The zero-order valence-electron chi connectivity index (χ0n) is 14.3. The van der Waals surface area contributed by atoms with Crippen LogP contribution in [0.3, 0.4) is 0 Å². The van der Waals surface area contributed by atoms with Gasteiger partial charge in [0.25, 0.3) is 0 Å². The number of rotatable bonds is 9. The van der Waals surface area contributed by atoms with Crippen LogP contribution < -0.4 is 4.90 Å². The van der Waals surface area contributed by atoms with E-state index in [1.807, 2.05) is 12.1 Å². The number of ether oxygens (including phenoxy) is 1. The number of hydrogen-bond donors (Lipinski definition) is 0.